The molecule has 0 spiro atoms. The zero-order chi connectivity index (χ0) is 18.9. The molecule has 0 bridgehead atoms. The predicted octanol–water partition coefficient (Wildman–Crippen LogP) is 1.84. The average molecular weight is 369 g/mol. The largest absolute Gasteiger partial charge is 0.459 e. The van der Waals surface area contributed by atoms with E-state index in [1.807, 2.05) is 13.0 Å². The summed E-state index contributed by atoms with van der Waals surface area (Å²) in [5.41, 5.74) is 1.25. The van der Waals surface area contributed by atoms with E-state index in [9.17, 15) is 4.79 Å². The van der Waals surface area contributed by atoms with Crippen LogP contribution in [0.15, 0.2) is 58.1 Å². The van der Waals surface area contributed by atoms with Gasteiger partial charge in [-0.15, -0.1) is 0 Å². The molecule has 7 nitrogen and oxygen atoms in total. The van der Waals surface area contributed by atoms with E-state index in [1.54, 1.807) is 12.1 Å². The Morgan fingerprint density at radius 3 is 2.81 bits per heavy atom. The Morgan fingerprint density at radius 1 is 1.22 bits per heavy atom. The molecule has 3 rings (SSSR count). The van der Waals surface area contributed by atoms with Gasteiger partial charge in [0.15, 0.2) is 11.7 Å². The van der Waals surface area contributed by atoms with E-state index in [0.29, 0.717) is 24.9 Å². The van der Waals surface area contributed by atoms with E-state index in [2.05, 4.69) is 50.1 Å². The van der Waals surface area contributed by atoms with Gasteiger partial charge in [0.1, 0.15) is 0 Å². The van der Waals surface area contributed by atoms with Crippen LogP contribution in [0.25, 0.3) is 0 Å². The normalized spacial score (nSPS) is 17.0. The Bertz CT molecular complexity index is 730. The SMILES string of the molecule is CCNC(=NCCNC(=O)c1ccco1)NC1CCN(c2ccccc2)C1. The van der Waals surface area contributed by atoms with Gasteiger partial charge in [-0.2, -0.15) is 0 Å². The zero-order valence-corrected chi connectivity index (χ0v) is 15.6. The molecule has 144 valence electrons. The van der Waals surface area contributed by atoms with Gasteiger partial charge in [0.2, 0.25) is 0 Å². The fourth-order valence-electron chi connectivity index (χ4n) is 3.10. The van der Waals surface area contributed by atoms with E-state index in [0.717, 1.165) is 32.0 Å². The van der Waals surface area contributed by atoms with Crippen LogP contribution in [0.2, 0.25) is 0 Å². The molecule has 3 N–H and O–H groups in total. The number of rotatable bonds is 7. The summed E-state index contributed by atoms with van der Waals surface area (Å²) in [4.78, 5) is 18.8. The highest BCUT2D eigenvalue weighted by Gasteiger charge is 2.23. The van der Waals surface area contributed by atoms with Crippen LogP contribution in [0, 0.1) is 0 Å². The first-order chi connectivity index (χ1) is 13.3. The molecular weight excluding hydrogens is 342 g/mol. The lowest BCUT2D eigenvalue weighted by atomic mass is 10.3. The summed E-state index contributed by atoms with van der Waals surface area (Å²) in [5, 5.41) is 9.57. The number of carbonyl (C=O) groups is 1. The van der Waals surface area contributed by atoms with Gasteiger partial charge in [-0.05, 0) is 37.6 Å². The van der Waals surface area contributed by atoms with Gasteiger partial charge in [0.25, 0.3) is 5.91 Å². The van der Waals surface area contributed by atoms with Gasteiger partial charge in [0, 0.05) is 37.9 Å². The highest BCUT2D eigenvalue weighted by molar-refractivity contribution is 5.91. The number of para-hydroxylation sites is 1. The number of furan rings is 1. The maximum absolute atomic E-state index is 11.8. The number of nitrogens with zero attached hydrogens (tertiary/aromatic N) is 2. The molecule has 1 atom stereocenters. The van der Waals surface area contributed by atoms with Crippen molar-refractivity contribution in [3.05, 3.63) is 54.5 Å². The van der Waals surface area contributed by atoms with Crippen molar-refractivity contribution in [3.63, 3.8) is 0 Å². The molecule has 1 aliphatic heterocycles. The molecule has 1 saturated heterocycles. The first-order valence-corrected chi connectivity index (χ1v) is 9.43. The predicted molar refractivity (Wildman–Crippen MR) is 107 cm³/mol. The fraction of sp³-hybridized carbons (Fsp3) is 0.400. The van der Waals surface area contributed by atoms with Gasteiger partial charge >= 0.3 is 0 Å². The van der Waals surface area contributed by atoms with Crippen molar-refractivity contribution < 1.29 is 9.21 Å². The Morgan fingerprint density at radius 2 is 2.07 bits per heavy atom. The standard InChI is InChI=1S/C20H27N5O2/c1-2-21-20(23-12-11-22-19(26)18-9-6-14-27-18)24-16-10-13-25(15-16)17-7-4-3-5-8-17/h3-9,14,16H,2,10-13,15H2,1H3,(H,22,26)(H2,21,23,24). The van der Waals surface area contributed by atoms with Crippen LogP contribution in [-0.4, -0.2) is 50.6 Å². The zero-order valence-electron chi connectivity index (χ0n) is 15.6. The van der Waals surface area contributed by atoms with Crippen molar-refractivity contribution in [2.45, 2.75) is 19.4 Å². The first-order valence-electron chi connectivity index (χ1n) is 9.43. The van der Waals surface area contributed by atoms with Crippen molar-refractivity contribution in [1.82, 2.24) is 16.0 Å². The molecule has 1 fully saturated rings. The van der Waals surface area contributed by atoms with Crippen LogP contribution >= 0.6 is 0 Å². The van der Waals surface area contributed by atoms with Gasteiger partial charge in [-0.3, -0.25) is 9.79 Å². The molecule has 1 aromatic carbocycles. The van der Waals surface area contributed by atoms with Crippen LogP contribution in [0.1, 0.15) is 23.9 Å². The third kappa shape index (κ3) is 5.51. The highest BCUT2D eigenvalue weighted by atomic mass is 16.3. The van der Waals surface area contributed by atoms with Crippen molar-refractivity contribution in [1.29, 1.82) is 0 Å². The van der Waals surface area contributed by atoms with Crippen molar-refractivity contribution >= 4 is 17.6 Å². The number of aliphatic imine (C=N–C) groups is 1. The molecule has 1 amide bonds. The fourth-order valence-corrected chi connectivity index (χ4v) is 3.10. The van der Waals surface area contributed by atoms with Crippen LogP contribution in [0.3, 0.4) is 0 Å². The third-order valence-electron chi connectivity index (χ3n) is 4.41. The first kappa shape index (κ1) is 18.8. The van der Waals surface area contributed by atoms with Crippen molar-refractivity contribution in [2.75, 3.05) is 37.6 Å². The maximum Gasteiger partial charge on any atom is 0.287 e. The van der Waals surface area contributed by atoms with E-state index < -0.39 is 0 Å². The lowest BCUT2D eigenvalue weighted by Crippen LogP contribution is -2.45. The van der Waals surface area contributed by atoms with E-state index in [4.69, 9.17) is 4.42 Å². The molecule has 0 aliphatic carbocycles. The topological polar surface area (TPSA) is 81.9 Å². The summed E-state index contributed by atoms with van der Waals surface area (Å²) in [5.74, 6) is 0.878. The van der Waals surface area contributed by atoms with E-state index in [-0.39, 0.29) is 5.91 Å². The lowest BCUT2D eigenvalue weighted by molar-refractivity contribution is 0.0927. The number of carbonyl (C=O) groups excluding carboxylic acids is 1. The quantitative estimate of drug-likeness (QED) is 0.394. The summed E-state index contributed by atoms with van der Waals surface area (Å²) in [6, 6.07) is 14.1. The lowest BCUT2D eigenvalue weighted by Gasteiger charge is -2.20. The molecule has 2 aromatic rings. The highest BCUT2D eigenvalue weighted by Crippen LogP contribution is 2.19. The molecule has 27 heavy (non-hydrogen) atoms. The number of benzene rings is 1. The van der Waals surface area contributed by atoms with Crippen LogP contribution in [-0.2, 0) is 0 Å². The molecule has 0 radical (unpaired) electrons. The molecule has 7 heteroatoms. The number of hydrogen-bond acceptors (Lipinski definition) is 4. The molecule has 1 aromatic heterocycles. The number of amides is 1. The summed E-state index contributed by atoms with van der Waals surface area (Å²) in [6.07, 6.45) is 2.55. The minimum Gasteiger partial charge on any atom is -0.459 e. The van der Waals surface area contributed by atoms with Crippen LogP contribution < -0.4 is 20.9 Å². The second-order valence-electron chi connectivity index (χ2n) is 6.41. The van der Waals surface area contributed by atoms with Crippen molar-refractivity contribution in [2.24, 2.45) is 4.99 Å². The second kappa shape index (κ2) is 9.66. The van der Waals surface area contributed by atoms with Crippen molar-refractivity contribution in [3.8, 4) is 0 Å². The van der Waals surface area contributed by atoms with Gasteiger partial charge in [-0.25, -0.2) is 0 Å². The average Bonchev–Trinajstić information content (AvgIpc) is 3.38. The maximum atomic E-state index is 11.8. The van der Waals surface area contributed by atoms with Crippen LogP contribution in [0.4, 0.5) is 5.69 Å². The molecule has 1 aliphatic rings. The molecule has 2 heterocycles. The summed E-state index contributed by atoms with van der Waals surface area (Å²) < 4.78 is 5.07. The van der Waals surface area contributed by atoms with Gasteiger partial charge < -0.3 is 25.3 Å². The monoisotopic (exact) mass is 369 g/mol. The third-order valence-corrected chi connectivity index (χ3v) is 4.41. The Balaban J connectivity index is 1.45. The van der Waals surface area contributed by atoms with E-state index >= 15 is 0 Å². The van der Waals surface area contributed by atoms with Gasteiger partial charge in [-0.1, -0.05) is 18.2 Å². The molecule has 0 saturated carbocycles. The second-order valence-corrected chi connectivity index (χ2v) is 6.41. The summed E-state index contributed by atoms with van der Waals surface area (Å²) in [7, 11) is 0. The minimum atomic E-state index is -0.220. The van der Waals surface area contributed by atoms with E-state index in [1.165, 1.54) is 12.0 Å². The Labute approximate surface area is 159 Å². The number of nitrogens with one attached hydrogen (secondary N) is 3. The summed E-state index contributed by atoms with van der Waals surface area (Å²) in [6.45, 7) is 5.76. The van der Waals surface area contributed by atoms with Crippen LogP contribution in [0.5, 0.6) is 0 Å². The Hall–Kier alpha value is -2.96. The molecule has 1 unspecified atom stereocenters. The minimum absolute atomic E-state index is 0.220. The number of anilines is 1. The molecular formula is C20H27N5O2. The van der Waals surface area contributed by atoms with Gasteiger partial charge in [0.05, 0.1) is 12.8 Å². The Kier molecular flexibility index (Phi) is 6.73. The summed E-state index contributed by atoms with van der Waals surface area (Å²) >= 11 is 0. The number of guanidine groups is 1. The smallest absolute Gasteiger partial charge is 0.287 e. The number of hydrogen-bond donors (Lipinski definition) is 3.